The molecule has 7 N–H and O–H groups in total. The van der Waals surface area contributed by atoms with Crippen molar-refractivity contribution in [2.75, 3.05) is 6.54 Å². The van der Waals surface area contributed by atoms with Crippen molar-refractivity contribution >= 4 is 5.97 Å². The van der Waals surface area contributed by atoms with Gasteiger partial charge < -0.3 is 22.3 Å². The molecule has 0 aromatic carbocycles. The molecule has 0 aliphatic heterocycles. The third-order valence-electron chi connectivity index (χ3n) is 5.05. The van der Waals surface area contributed by atoms with Crippen LogP contribution in [-0.2, 0) is 4.79 Å². The van der Waals surface area contributed by atoms with E-state index in [4.69, 9.17) is 22.3 Å². The normalized spacial score (nSPS) is 13.7. The molecule has 2 unspecified atom stereocenters. The predicted molar refractivity (Wildman–Crippen MR) is 113 cm³/mol. The molecule has 0 saturated heterocycles. The van der Waals surface area contributed by atoms with Gasteiger partial charge in [0.25, 0.3) is 0 Å². The van der Waals surface area contributed by atoms with Crippen molar-refractivity contribution in [2.45, 2.75) is 116 Å². The summed E-state index contributed by atoms with van der Waals surface area (Å²) in [5.41, 5.74) is 16.5. The van der Waals surface area contributed by atoms with Gasteiger partial charge in [0.05, 0.1) is 0 Å². The maximum Gasteiger partial charge on any atom is 0.320 e. The highest BCUT2D eigenvalue weighted by Gasteiger charge is 2.19. The second kappa shape index (κ2) is 17.7. The molecule has 0 fully saturated rings. The molecule has 158 valence electrons. The van der Waals surface area contributed by atoms with E-state index < -0.39 is 12.0 Å². The van der Waals surface area contributed by atoms with Crippen LogP contribution in [0.15, 0.2) is 0 Å². The zero-order valence-corrected chi connectivity index (χ0v) is 17.9. The Morgan fingerprint density at radius 2 is 1.38 bits per heavy atom. The molecule has 5 heteroatoms. The fraction of sp³-hybridized carbons (Fsp3) is 0.952. The number of hydrogen-bond donors (Lipinski definition) is 4. The highest BCUT2D eigenvalue weighted by atomic mass is 16.4. The summed E-state index contributed by atoms with van der Waals surface area (Å²) in [6.45, 7) is 9.44. The first kappa shape index (κ1) is 27.6. The molecule has 5 nitrogen and oxygen atoms in total. The van der Waals surface area contributed by atoms with Crippen LogP contribution in [-0.4, -0.2) is 29.2 Å². The van der Waals surface area contributed by atoms with Crippen LogP contribution in [0.2, 0.25) is 0 Å². The van der Waals surface area contributed by atoms with Gasteiger partial charge in [-0.15, -0.1) is 0 Å². The highest BCUT2D eigenvalue weighted by Crippen LogP contribution is 2.20. The lowest BCUT2D eigenvalue weighted by atomic mass is 9.86. The van der Waals surface area contributed by atoms with Crippen LogP contribution in [0.3, 0.4) is 0 Å². The van der Waals surface area contributed by atoms with Crippen LogP contribution in [0.4, 0.5) is 0 Å². The molecule has 0 bridgehead atoms. The van der Waals surface area contributed by atoms with Crippen molar-refractivity contribution in [2.24, 2.45) is 23.1 Å². The Kier molecular flexibility index (Phi) is 18.8. The number of rotatable bonds is 15. The quantitative estimate of drug-likeness (QED) is 0.317. The van der Waals surface area contributed by atoms with Gasteiger partial charge in [0.15, 0.2) is 0 Å². The number of carboxylic acid groups (broad SMARTS) is 1. The standard InChI is InChI=1S/C15H33N.C6H14N2O2/c1-5-6-7-8-9-10-11-12-13-14(2)15(3,4)16;7-4-2-1-3-5(8)6(9)10/h14H,5-13,16H2,1-4H3;5H,1-4,7-8H2,(H,9,10). The smallest absolute Gasteiger partial charge is 0.320 e. The first-order valence-electron chi connectivity index (χ1n) is 10.6. The van der Waals surface area contributed by atoms with E-state index in [1.54, 1.807) is 0 Å². The molecule has 0 aliphatic rings. The lowest BCUT2D eigenvalue weighted by molar-refractivity contribution is -0.138. The van der Waals surface area contributed by atoms with Crippen LogP contribution in [0.1, 0.15) is 105 Å². The maximum absolute atomic E-state index is 10.1. The number of nitrogens with two attached hydrogens (primary N) is 3. The summed E-state index contributed by atoms with van der Waals surface area (Å²) in [6.07, 6.45) is 14.7. The van der Waals surface area contributed by atoms with Crippen LogP contribution in [0.25, 0.3) is 0 Å². The van der Waals surface area contributed by atoms with Crippen molar-refractivity contribution in [1.29, 1.82) is 0 Å². The Bertz CT molecular complexity index is 317. The van der Waals surface area contributed by atoms with Gasteiger partial charge in [-0.25, -0.2) is 0 Å². The zero-order valence-electron chi connectivity index (χ0n) is 17.9. The number of carbonyl (C=O) groups is 1. The Morgan fingerprint density at radius 1 is 0.923 bits per heavy atom. The van der Waals surface area contributed by atoms with Crippen molar-refractivity contribution in [3.63, 3.8) is 0 Å². The number of hydrogen-bond acceptors (Lipinski definition) is 4. The molecule has 0 amide bonds. The average Bonchev–Trinajstić information content (AvgIpc) is 2.56. The highest BCUT2D eigenvalue weighted by molar-refractivity contribution is 5.72. The molecule has 0 aromatic rings. The van der Waals surface area contributed by atoms with Gasteiger partial charge in [-0.1, -0.05) is 71.6 Å². The summed E-state index contributed by atoms with van der Waals surface area (Å²) in [4.78, 5) is 10.1. The summed E-state index contributed by atoms with van der Waals surface area (Å²) in [7, 11) is 0. The van der Waals surface area contributed by atoms with Crippen molar-refractivity contribution in [3.05, 3.63) is 0 Å². The zero-order chi connectivity index (χ0) is 20.4. The number of aliphatic carboxylic acids is 1. The minimum absolute atomic E-state index is 0.00112. The molecule has 0 spiro atoms. The van der Waals surface area contributed by atoms with E-state index in [1.807, 2.05) is 0 Å². The SMILES string of the molecule is CCCCCCCCCCC(C)C(C)(C)N.NCCCCC(N)C(=O)O. The number of unbranched alkanes of at least 4 members (excludes halogenated alkanes) is 8. The van der Waals surface area contributed by atoms with E-state index in [0.717, 1.165) is 12.8 Å². The predicted octanol–water partition coefficient (Wildman–Crippen LogP) is 4.42. The monoisotopic (exact) mass is 373 g/mol. The van der Waals surface area contributed by atoms with Gasteiger partial charge in [-0.05, 0) is 45.6 Å². The van der Waals surface area contributed by atoms with Crippen LogP contribution < -0.4 is 17.2 Å². The maximum atomic E-state index is 10.1. The molecule has 0 heterocycles. The molecule has 0 aromatic heterocycles. The third kappa shape index (κ3) is 19.7. The first-order chi connectivity index (χ1) is 12.2. The molecule has 0 radical (unpaired) electrons. The van der Waals surface area contributed by atoms with Gasteiger partial charge in [0.1, 0.15) is 6.04 Å². The van der Waals surface area contributed by atoms with E-state index in [0.29, 0.717) is 18.9 Å². The van der Waals surface area contributed by atoms with Crippen LogP contribution in [0, 0.1) is 5.92 Å². The van der Waals surface area contributed by atoms with E-state index in [1.165, 1.54) is 57.8 Å². The van der Waals surface area contributed by atoms with E-state index >= 15 is 0 Å². The minimum atomic E-state index is -0.933. The molecule has 0 rings (SSSR count). The molecule has 0 saturated carbocycles. The molecule has 26 heavy (non-hydrogen) atoms. The largest absolute Gasteiger partial charge is 0.480 e. The Balaban J connectivity index is 0. The molecular formula is C21H47N3O2. The lowest BCUT2D eigenvalue weighted by Gasteiger charge is -2.27. The summed E-state index contributed by atoms with van der Waals surface area (Å²) in [5.74, 6) is -0.287. The fourth-order valence-electron chi connectivity index (χ4n) is 2.59. The summed E-state index contributed by atoms with van der Waals surface area (Å²) in [6, 6.07) is -0.716. The van der Waals surface area contributed by atoms with E-state index in [9.17, 15) is 4.79 Å². The van der Waals surface area contributed by atoms with Crippen LogP contribution in [0.5, 0.6) is 0 Å². The molecular weight excluding hydrogens is 326 g/mol. The summed E-state index contributed by atoms with van der Waals surface area (Å²) >= 11 is 0. The number of carboxylic acids is 1. The van der Waals surface area contributed by atoms with Gasteiger partial charge in [0.2, 0.25) is 0 Å². The fourth-order valence-corrected chi connectivity index (χ4v) is 2.59. The van der Waals surface area contributed by atoms with Crippen molar-refractivity contribution in [1.82, 2.24) is 0 Å². The van der Waals surface area contributed by atoms with Gasteiger partial charge in [-0.2, -0.15) is 0 Å². The van der Waals surface area contributed by atoms with Gasteiger partial charge in [-0.3, -0.25) is 4.79 Å². The second-order valence-corrected chi connectivity index (χ2v) is 8.22. The molecule has 2 atom stereocenters. The van der Waals surface area contributed by atoms with Gasteiger partial charge >= 0.3 is 5.97 Å². The Hall–Kier alpha value is -0.650. The second-order valence-electron chi connectivity index (χ2n) is 8.22. The lowest BCUT2D eigenvalue weighted by Crippen LogP contribution is -2.39. The first-order valence-corrected chi connectivity index (χ1v) is 10.6. The van der Waals surface area contributed by atoms with E-state index in [2.05, 4.69) is 27.7 Å². The van der Waals surface area contributed by atoms with Crippen molar-refractivity contribution < 1.29 is 9.90 Å². The van der Waals surface area contributed by atoms with Gasteiger partial charge in [0, 0.05) is 5.54 Å². The molecule has 0 aliphatic carbocycles. The Labute approximate surface area is 162 Å². The minimum Gasteiger partial charge on any atom is -0.480 e. The van der Waals surface area contributed by atoms with Crippen LogP contribution >= 0.6 is 0 Å². The average molecular weight is 374 g/mol. The van der Waals surface area contributed by atoms with E-state index in [-0.39, 0.29) is 5.54 Å². The Morgan fingerprint density at radius 3 is 1.81 bits per heavy atom. The van der Waals surface area contributed by atoms with Crippen molar-refractivity contribution in [3.8, 4) is 0 Å². The third-order valence-corrected chi connectivity index (χ3v) is 5.05. The summed E-state index contributed by atoms with van der Waals surface area (Å²) in [5, 5.41) is 8.33. The topological polar surface area (TPSA) is 115 Å². The summed E-state index contributed by atoms with van der Waals surface area (Å²) < 4.78 is 0.